The number of amides is 1. The molecular weight excluding hydrogens is 326 g/mol. The topological polar surface area (TPSA) is 111 Å². The first-order chi connectivity index (χ1) is 12.2. The largest absolute Gasteiger partial charge is 0.381 e. The zero-order valence-corrected chi connectivity index (χ0v) is 14.3. The Kier molecular flexibility index (Phi) is 4.00. The van der Waals surface area contributed by atoms with E-state index in [1.165, 1.54) is 17.2 Å². The number of fused-ring (bicyclic) bond motifs is 1. The average Bonchev–Trinajstić information content (AvgIpc) is 3.39. The quantitative estimate of drug-likeness (QED) is 0.840. The van der Waals surface area contributed by atoms with E-state index in [1.807, 2.05) is 4.90 Å². The summed E-state index contributed by atoms with van der Waals surface area (Å²) in [6, 6.07) is -0.0136. The smallest absolute Gasteiger partial charge is 0.259 e. The molecule has 1 aliphatic heterocycles. The fourth-order valence-corrected chi connectivity index (χ4v) is 4.15. The van der Waals surface area contributed by atoms with Crippen LogP contribution in [-0.4, -0.2) is 79.7 Å². The number of rotatable bonds is 4. The van der Waals surface area contributed by atoms with E-state index < -0.39 is 0 Å². The minimum absolute atomic E-state index is 0.0136. The van der Waals surface area contributed by atoms with Crippen LogP contribution in [0.25, 0.3) is 5.82 Å². The number of aromatic nitrogens is 6. The Hall–Kier alpha value is -2.33. The summed E-state index contributed by atoms with van der Waals surface area (Å²) in [4.78, 5) is 15.1. The van der Waals surface area contributed by atoms with Gasteiger partial charge in [-0.25, -0.2) is 0 Å². The minimum atomic E-state index is -0.288. The summed E-state index contributed by atoms with van der Waals surface area (Å²) in [5.41, 5.74) is 0.155. The maximum Gasteiger partial charge on any atom is 0.259 e. The molecule has 3 heterocycles. The van der Waals surface area contributed by atoms with E-state index in [0.29, 0.717) is 17.9 Å². The molecule has 10 nitrogen and oxygen atoms in total. The van der Waals surface area contributed by atoms with Crippen LogP contribution in [0, 0.1) is 0 Å². The van der Waals surface area contributed by atoms with Crippen molar-refractivity contribution in [3.8, 4) is 5.82 Å². The van der Waals surface area contributed by atoms with Crippen LogP contribution in [0.15, 0.2) is 12.5 Å². The minimum Gasteiger partial charge on any atom is -0.381 e. The number of nitrogens with one attached hydrogen (secondary N) is 1. The van der Waals surface area contributed by atoms with E-state index in [2.05, 4.69) is 25.7 Å². The molecule has 1 N–H and O–H groups in total. The lowest BCUT2D eigenvalue weighted by atomic mass is 9.79. The number of hydrogen-bond donors (Lipinski definition) is 1. The molecule has 1 amide bonds. The van der Waals surface area contributed by atoms with Crippen molar-refractivity contribution in [3.63, 3.8) is 0 Å². The van der Waals surface area contributed by atoms with E-state index in [9.17, 15) is 4.79 Å². The van der Waals surface area contributed by atoms with Crippen molar-refractivity contribution in [2.45, 2.75) is 43.4 Å². The van der Waals surface area contributed by atoms with Gasteiger partial charge in [-0.1, -0.05) is 0 Å². The highest BCUT2D eigenvalue weighted by Crippen LogP contribution is 2.43. The molecule has 2 aromatic rings. The van der Waals surface area contributed by atoms with E-state index in [-0.39, 0.29) is 23.7 Å². The average molecular weight is 347 g/mol. The van der Waals surface area contributed by atoms with Crippen molar-refractivity contribution in [3.05, 3.63) is 18.1 Å². The van der Waals surface area contributed by atoms with Gasteiger partial charge >= 0.3 is 0 Å². The normalized spacial score (nSPS) is 29.0. The van der Waals surface area contributed by atoms with E-state index >= 15 is 0 Å². The third-order valence-electron chi connectivity index (χ3n) is 5.56. The lowest BCUT2D eigenvalue weighted by Crippen LogP contribution is -2.53. The Bertz CT molecular complexity index is 746. The molecule has 25 heavy (non-hydrogen) atoms. The summed E-state index contributed by atoms with van der Waals surface area (Å²) in [5, 5.41) is 17.8. The van der Waals surface area contributed by atoms with Crippen LogP contribution < -0.4 is 0 Å². The Labute approximate surface area is 144 Å². The second-order valence-electron chi connectivity index (χ2n) is 6.55. The van der Waals surface area contributed by atoms with Crippen LogP contribution in [-0.2, 0) is 9.47 Å². The molecule has 0 radical (unpaired) electrons. The van der Waals surface area contributed by atoms with Crippen LogP contribution in [0.2, 0.25) is 0 Å². The van der Waals surface area contributed by atoms with Crippen molar-refractivity contribution < 1.29 is 14.3 Å². The molecule has 0 bridgehead atoms. The predicted octanol–water partition coefficient (Wildman–Crippen LogP) is 0.184. The number of aromatic amines is 1. The Morgan fingerprint density at radius 2 is 2.28 bits per heavy atom. The highest BCUT2D eigenvalue weighted by molar-refractivity contribution is 5.97. The van der Waals surface area contributed by atoms with Crippen molar-refractivity contribution in [2.75, 3.05) is 20.8 Å². The van der Waals surface area contributed by atoms with Crippen LogP contribution >= 0.6 is 0 Å². The number of hydrogen-bond acceptors (Lipinski definition) is 7. The van der Waals surface area contributed by atoms with E-state index in [1.54, 1.807) is 14.2 Å². The molecule has 1 saturated heterocycles. The molecule has 4 rings (SSSR count). The van der Waals surface area contributed by atoms with Gasteiger partial charge in [0.15, 0.2) is 5.82 Å². The van der Waals surface area contributed by atoms with Crippen LogP contribution in [0.5, 0.6) is 0 Å². The first-order valence-electron chi connectivity index (χ1n) is 8.34. The van der Waals surface area contributed by atoms with Gasteiger partial charge < -0.3 is 14.4 Å². The zero-order valence-electron chi connectivity index (χ0n) is 14.3. The van der Waals surface area contributed by atoms with Gasteiger partial charge in [0.05, 0.1) is 23.9 Å². The number of H-pyrrole nitrogens is 1. The van der Waals surface area contributed by atoms with Gasteiger partial charge in [-0.2, -0.15) is 9.78 Å². The van der Waals surface area contributed by atoms with Gasteiger partial charge in [-0.15, -0.1) is 5.10 Å². The van der Waals surface area contributed by atoms with Crippen molar-refractivity contribution >= 4 is 5.91 Å². The standard InChI is InChI=1S/C15H21N7O3/c1-24-10-3-4-15(25-2)5-6-21(12(15)7-10)14(23)11-8-16-18-13(11)22-9-17-19-20-22/h8-10,12H,3-7H2,1-2H3,(H,16,18)/t10-,12-,15+/m0/s1. The SMILES string of the molecule is CO[C@H]1CC[C@@]2(OC)CCN(C(=O)c3cn[nH]c3-n3cnnn3)[C@H]2C1. The summed E-state index contributed by atoms with van der Waals surface area (Å²) in [5.74, 6) is 0.365. The van der Waals surface area contributed by atoms with Gasteiger partial charge in [0.1, 0.15) is 11.9 Å². The van der Waals surface area contributed by atoms with Crippen molar-refractivity contribution in [1.29, 1.82) is 0 Å². The van der Waals surface area contributed by atoms with Gasteiger partial charge in [0.2, 0.25) is 0 Å². The van der Waals surface area contributed by atoms with Gasteiger partial charge in [-0.05, 0) is 36.1 Å². The molecule has 0 unspecified atom stereocenters. The maximum absolute atomic E-state index is 13.2. The summed E-state index contributed by atoms with van der Waals surface area (Å²) in [7, 11) is 3.45. The molecule has 0 spiro atoms. The van der Waals surface area contributed by atoms with Crippen LogP contribution in [0.3, 0.4) is 0 Å². The summed E-state index contributed by atoms with van der Waals surface area (Å²) in [6.45, 7) is 0.647. The first-order valence-corrected chi connectivity index (χ1v) is 8.34. The lowest BCUT2D eigenvalue weighted by Gasteiger charge is -2.43. The summed E-state index contributed by atoms with van der Waals surface area (Å²) >= 11 is 0. The second-order valence-corrected chi connectivity index (χ2v) is 6.55. The fraction of sp³-hybridized carbons (Fsp3) is 0.667. The molecule has 10 heteroatoms. The van der Waals surface area contributed by atoms with E-state index in [4.69, 9.17) is 9.47 Å². The number of ether oxygens (including phenoxy) is 2. The zero-order chi connectivity index (χ0) is 17.4. The highest BCUT2D eigenvalue weighted by atomic mass is 16.5. The number of tetrazole rings is 1. The lowest BCUT2D eigenvalue weighted by molar-refractivity contribution is -0.0893. The van der Waals surface area contributed by atoms with E-state index in [0.717, 1.165) is 25.7 Å². The predicted molar refractivity (Wildman–Crippen MR) is 85.1 cm³/mol. The monoisotopic (exact) mass is 347 g/mol. The molecule has 3 atom stereocenters. The van der Waals surface area contributed by atoms with Gasteiger partial charge in [-0.3, -0.25) is 9.89 Å². The Morgan fingerprint density at radius 1 is 1.40 bits per heavy atom. The van der Waals surface area contributed by atoms with Gasteiger partial charge in [0.25, 0.3) is 5.91 Å². The number of nitrogens with zero attached hydrogens (tertiary/aromatic N) is 6. The molecule has 0 aromatic carbocycles. The van der Waals surface area contributed by atoms with Gasteiger partial charge in [0, 0.05) is 20.8 Å². The molecular formula is C15H21N7O3. The molecule has 2 aromatic heterocycles. The van der Waals surface area contributed by atoms with Crippen LogP contribution in [0.1, 0.15) is 36.0 Å². The van der Waals surface area contributed by atoms with Crippen molar-refractivity contribution in [2.24, 2.45) is 0 Å². The molecule has 2 aliphatic rings. The summed E-state index contributed by atoms with van der Waals surface area (Å²) in [6.07, 6.45) is 6.53. The second kappa shape index (κ2) is 6.19. The Balaban J connectivity index is 1.64. The third-order valence-corrected chi connectivity index (χ3v) is 5.56. The number of methoxy groups -OCH3 is 2. The number of likely N-dealkylation sites (tertiary alicyclic amines) is 1. The van der Waals surface area contributed by atoms with Crippen LogP contribution in [0.4, 0.5) is 0 Å². The first kappa shape index (κ1) is 16.2. The molecule has 2 fully saturated rings. The highest BCUT2D eigenvalue weighted by Gasteiger charge is 2.53. The molecule has 134 valence electrons. The molecule has 1 saturated carbocycles. The Morgan fingerprint density at radius 3 is 3.00 bits per heavy atom. The van der Waals surface area contributed by atoms with Crippen molar-refractivity contribution in [1.82, 2.24) is 35.3 Å². The molecule has 1 aliphatic carbocycles. The third kappa shape index (κ3) is 2.52. The number of carbonyl (C=O) groups is 1. The fourth-order valence-electron chi connectivity index (χ4n) is 4.15. The maximum atomic E-state index is 13.2. The summed E-state index contributed by atoms with van der Waals surface area (Å²) < 4.78 is 12.8. The number of carbonyl (C=O) groups excluding carboxylic acids is 1.